The second-order valence-electron chi connectivity index (χ2n) is 7.07. The van der Waals surface area contributed by atoms with Crippen molar-refractivity contribution in [3.8, 4) is 0 Å². The molecule has 2 aliphatic rings. The predicted molar refractivity (Wildman–Crippen MR) is 92.8 cm³/mol. The van der Waals surface area contributed by atoms with Gasteiger partial charge in [-0.2, -0.15) is 0 Å². The van der Waals surface area contributed by atoms with Gasteiger partial charge >= 0.3 is 0 Å². The second kappa shape index (κ2) is 7.38. The highest BCUT2D eigenvalue weighted by molar-refractivity contribution is 5.93. The molecule has 2 fully saturated rings. The van der Waals surface area contributed by atoms with Crippen LogP contribution in [-0.4, -0.2) is 53.5 Å². The fraction of sp³-hybridized carbons (Fsp3) is 0.667. The van der Waals surface area contributed by atoms with Crippen molar-refractivity contribution < 1.29 is 9.59 Å². The molecule has 2 aliphatic heterocycles. The van der Waals surface area contributed by atoms with E-state index in [4.69, 9.17) is 0 Å². The summed E-state index contributed by atoms with van der Waals surface area (Å²) < 4.78 is 1.94. The topological polar surface area (TPSA) is 66.4 Å². The smallest absolute Gasteiger partial charge is 0.270 e. The van der Waals surface area contributed by atoms with E-state index < -0.39 is 0 Å². The number of hydrogen-bond acceptors (Lipinski definition) is 3. The van der Waals surface area contributed by atoms with Gasteiger partial charge in [-0.3, -0.25) is 9.59 Å². The van der Waals surface area contributed by atoms with E-state index >= 15 is 0 Å². The van der Waals surface area contributed by atoms with Crippen molar-refractivity contribution in [3.05, 3.63) is 23.5 Å². The zero-order valence-corrected chi connectivity index (χ0v) is 14.7. The lowest BCUT2D eigenvalue weighted by Crippen LogP contribution is -2.47. The molecule has 0 bridgehead atoms. The van der Waals surface area contributed by atoms with E-state index in [1.165, 1.54) is 0 Å². The number of hydrogen-bond donors (Lipinski definition) is 2. The summed E-state index contributed by atoms with van der Waals surface area (Å²) in [6.45, 7) is 5.12. The molecule has 2 N–H and O–H groups in total. The van der Waals surface area contributed by atoms with Crippen molar-refractivity contribution in [3.63, 3.8) is 0 Å². The second-order valence-corrected chi connectivity index (χ2v) is 7.07. The maximum atomic E-state index is 12.7. The molecular formula is C18H28N4O2. The average Bonchev–Trinajstić information content (AvgIpc) is 3.24. The standard InChI is InChI=1S/C18H28N4O2/c1-13-7-8-16(21(13)2)18(24)22-10-4-5-14(12-22)11-20-17(23)15-6-3-9-19-15/h7-8,14-15,19H,3-6,9-12H2,1-2H3,(H,20,23). The molecular weight excluding hydrogens is 304 g/mol. The van der Waals surface area contributed by atoms with Crippen LogP contribution in [0.25, 0.3) is 0 Å². The van der Waals surface area contributed by atoms with Crippen molar-refractivity contribution in [2.75, 3.05) is 26.2 Å². The number of nitrogens with one attached hydrogen (secondary N) is 2. The number of nitrogens with zero attached hydrogens (tertiary/aromatic N) is 2. The monoisotopic (exact) mass is 332 g/mol. The molecule has 0 aromatic carbocycles. The van der Waals surface area contributed by atoms with Gasteiger partial charge in [0.2, 0.25) is 5.91 Å². The largest absolute Gasteiger partial charge is 0.354 e. The molecule has 2 unspecified atom stereocenters. The van der Waals surface area contributed by atoms with E-state index in [1.54, 1.807) is 0 Å². The van der Waals surface area contributed by atoms with Crippen LogP contribution in [0.3, 0.4) is 0 Å². The molecule has 2 saturated heterocycles. The quantitative estimate of drug-likeness (QED) is 0.866. The number of piperidine rings is 1. The van der Waals surface area contributed by atoms with E-state index in [1.807, 2.05) is 35.6 Å². The number of carbonyl (C=O) groups is 2. The highest BCUT2D eigenvalue weighted by Crippen LogP contribution is 2.19. The van der Waals surface area contributed by atoms with Gasteiger partial charge in [-0.05, 0) is 57.2 Å². The van der Waals surface area contributed by atoms with Crippen LogP contribution in [0.1, 0.15) is 41.9 Å². The van der Waals surface area contributed by atoms with Gasteiger partial charge in [-0.1, -0.05) is 0 Å². The van der Waals surface area contributed by atoms with Crippen LogP contribution >= 0.6 is 0 Å². The molecule has 0 radical (unpaired) electrons. The minimum atomic E-state index is -0.0299. The van der Waals surface area contributed by atoms with Gasteiger partial charge in [0.1, 0.15) is 5.69 Å². The first-order valence-electron chi connectivity index (χ1n) is 8.99. The third-order valence-electron chi connectivity index (χ3n) is 5.34. The molecule has 0 saturated carbocycles. The minimum absolute atomic E-state index is 0.0299. The van der Waals surface area contributed by atoms with Crippen molar-refractivity contribution in [2.24, 2.45) is 13.0 Å². The Kier molecular flexibility index (Phi) is 5.23. The molecule has 3 heterocycles. The van der Waals surface area contributed by atoms with Gasteiger partial charge in [-0.15, -0.1) is 0 Å². The van der Waals surface area contributed by atoms with Crippen LogP contribution in [-0.2, 0) is 11.8 Å². The number of amides is 2. The van der Waals surface area contributed by atoms with Gasteiger partial charge in [0.25, 0.3) is 5.91 Å². The predicted octanol–water partition coefficient (Wildman–Crippen LogP) is 1.05. The maximum absolute atomic E-state index is 12.7. The van der Waals surface area contributed by atoms with Gasteiger partial charge in [-0.25, -0.2) is 0 Å². The average molecular weight is 332 g/mol. The molecule has 1 aromatic heterocycles. The van der Waals surface area contributed by atoms with Gasteiger partial charge in [0, 0.05) is 32.4 Å². The molecule has 6 nitrogen and oxygen atoms in total. The van der Waals surface area contributed by atoms with Crippen molar-refractivity contribution in [1.82, 2.24) is 20.1 Å². The Hall–Kier alpha value is -1.82. The van der Waals surface area contributed by atoms with Crippen LogP contribution < -0.4 is 10.6 Å². The van der Waals surface area contributed by atoms with Crippen LogP contribution in [0.2, 0.25) is 0 Å². The van der Waals surface area contributed by atoms with E-state index in [9.17, 15) is 9.59 Å². The molecule has 2 amide bonds. The lowest BCUT2D eigenvalue weighted by molar-refractivity contribution is -0.123. The third kappa shape index (κ3) is 3.64. The van der Waals surface area contributed by atoms with E-state index in [0.29, 0.717) is 12.5 Å². The van der Waals surface area contributed by atoms with Crippen molar-refractivity contribution >= 4 is 11.8 Å². The van der Waals surface area contributed by atoms with Crippen LogP contribution in [0.15, 0.2) is 12.1 Å². The summed E-state index contributed by atoms with van der Waals surface area (Å²) in [4.78, 5) is 26.8. The SMILES string of the molecule is Cc1ccc(C(=O)N2CCCC(CNC(=O)C3CCCN3)C2)n1C. The Balaban J connectivity index is 1.53. The number of rotatable bonds is 4. The molecule has 6 heteroatoms. The Morgan fingerprint density at radius 2 is 2.12 bits per heavy atom. The number of aromatic nitrogens is 1. The first-order chi connectivity index (χ1) is 11.6. The van der Waals surface area contributed by atoms with Gasteiger partial charge in [0.05, 0.1) is 6.04 Å². The van der Waals surface area contributed by atoms with E-state index in [2.05, 4.69) is 10.6 Å². The fourth-order valence-corrected chi connectivity index (χ4v) is 3.68. The zero-order valence-electron chi connectivity index (χ0n) is 14.7. The minimum Gasteiger partial charge on any atom is -0.354 e. The maximum Gasteiger partial charge on any atom is 0.270 e. The first-order valence-corrected chi connectivity index (χ1v) is 8.99. The summed E-state index contributed by atoms with van der Waals surface area (Å²) in [6, 6.07) is 3.84. The summed E-state index contributed by atoms with van der Waals surface area (Å²) >= 11 is 0. The molecule has 1 aromatic rings. The zero-order chi connectivity index (χ0) is 17.1. The van der Waals surface area contributed by atoms with E-state index in [0.717, 1.165) is 56.7 Å². The summed E-state index contributed by atoms with van der Waals surface area (Å²) in [7, 11) is 1.93. The molecule has 24 heavy (non-hydrogen) atoms. The molecule has 2 atom stereocenters. The van der Waals surface area contributed by atoms with Crippen molar-refractivity contribution in [1.29, 1.82) is 0 Å². The van der Waals surface area contributed by atoms with Crippen molar-refractivity contribution in [2.45, 2.75) is 38.6 Å². The van der Waals surface area contributed by atoms with E-state index in [-0.39, 0.29) is 17.9 Å². The summed E-state index contributed by atoms with van der Waals surface area (Å²) in [5.41, 5.74) is 1.83. The first kappa shape index (κ1) is 17.0. The molecule has 0 spiro atoms. The summed E-state index contributed by atoms with van der Waals surface area (Å²) in [5, 5.41) is 6.29. The van der Waals surface area contributed by atoms with Gasteiger partial charge in [0.15, 0.2) is 0 Å². The Morgan fingerprint density at radius 1 is 1.29 bits per heavy atom. The number of likely N-dealkylation sites (tertiary alicyclic amines) is 1. The highest BCUT2D eigenvalue weighted by Gasteiger charge is 2.27. The summed E-state index contributed by atoms with van der Waals surface area (Å²) in [5.74, 6) is 0.544. The summed E-state index contributed by atoms with van der Waals surface area (Å²) in [6.07, 6.45) is 4.06. The molecule has 3 rings (SSSR count). The Bertz CT molecular complexity index is 604. The number of aryl methyl sites for hydroxylation is 1. The Morgan fingerprint density at radius 3 is 2.79 bits per heavy atom. The van der Waals surface area contributed by atoms with Gasteiger partial charge < -0.3 is 20.1 Å². The normalized spacial score (nSPS) is 24.2. The fourth-order valence-electron chi connectivity index (χ4n) is 3.68. The van der Waals surface area contributed by atoms with Crippen LogP contribution in [0, 0.1) is 12.8 Å². The molecule has 132 valence electrons. The van der Waals surface area contributed by atoms with Crippen LogP contribution in [0.4, 0.5) is 0 Å². The van der Waals surface area contributed by atoms with Crippen LogP contribution in [0.5, 0.6) is 0 Å². The lowest BCUT2D eigenvalue weighted by Gasteiger charge is -2.33. The Labute approximate surface area is 143 Å². The molecule has 0 aliphatic carbocycles. The third-order valence-corrected chi connectivity index (χ3v) is 5.34. The lowest BCUT2D eigenvalue weighted by atomic mass is 9.97. The number of carbonyl (C=O) groups excluding carboxylic acids is 2. The highest BCUT2D eigenvalue weighted by atomic mass is 16.2.